The molecule has 4 nitrogen and oxygen atoms in total. The fraction of sp³-hybridized carbons (Fsp3) is 1.00. The van der Waals surface area contributed by atoms with Crippen LogP contribution in [0, 0.1) is 0 Å². The van der Waals surface area contributed by atoms with Gasteiger partial charge in [-0.05, 0) is 25.7 Å². The molecule has 1 atom stereocenters. The third kappa shape index (κ3) is 18.9. The van der Waals surface area contributed by atoms with Crippen molar-refractivity contribution in [3.63, 3.8) is 0 Å². The Morgan fingerprint density at radius 2 is 0.906 bits per heavy atom. The first-order valence-electron chi connectivity index (χ1n) is 13.5. The van der Waals surface area contributed by atoms with Crippen molar-refractivity contribution in [2.24, 2.45) is 0 Å². The highest BCUT2D eigenvalue weighted by atomic mass is 79.9. The van der Waals surface area contributed by atoms with Crippen LogP contribution in [0.2, 0.25) is 6.04 Å². The molecule has 0 bridgehead atoms. The van der Waals surface area contributed by atoms with Crippen molar-refractivity contribution < 1.29 is 35.2 Å². The van der Waals surface area contributed by atoms with Gasteiger partial charge in [-0.15, -0.1) is 0 Å². The second-order valence-electron chi connectivity index (χ2n) is 9.70. The molecule has 6 heteroatoms. The van der Waals surface area contributed by atoms with E-state index in [0.717, 1.165) is 18.5 Å². The highest BCUT2D eigenvalue weighted by Gasteiger charge is 2.37. The lowest BCUT2D eigenvalue weighted by molar-refractivity contribution is -0.886. The first-order valence-corrected chi connectivity index (χ1v) is 15.4. The van der Waals surface area contributed by atoms with Gasteiger partial charge in [-0.1, -0.05) is 96.8 Å². The second-order valence-corrected chi connectivity index (χ2v) is 12.8. The maximum atomic E-state index is 5.56. The minimum atomic E-state index is -2.40. The lowest BCUT2D eigenvalue weighted by atomic mass is 10.0. The van der Waals surface area contributed by atoms with Gasteiger partial charge < -0.3 is 35.2 Å². The lowest BCUT2D eigenvalue weighted by Gasteiger charge is -2.26. The normalized spacial score (nSPS) is 12.8. The number of hydrogen-bond acceptors (Lipinski definition) is 3. The van der Waals surface area contributed by atoms with Gasteiger partial charge in [0.2, 0.25) is 0 Å². The third-order valence-corrected chi connectivity index (χ3v) is 9.77. The Bertz CT molecular complexity index is 363. The quantitative estimate of drug-likeness (QED) is 0.150. The second kappa shape index (κ2) is 24.7. The van der Waals surface area contributed by atoms with E-state index >= 15 is 0 Å². The van der Waals surface area contributed by atoms with E-state index in [2.05, 4.69) is 21.0 Å². The predicted octanol–water partition coefficient (Wildman–Crippen LogP) is 3.42. The molecule has 0 rings (SSSR count). The molecular formula is C26H58BrNO3Si. The summed E-state index contributed by atoms with van der Waals surface area (Å²) in [5.74, 6) is 0. The monoisotopic (exact) mass is 539 g/mol. The van der Waals surface area contributed by atoms with Crippen LogP contribution in [0.3, 0.4) is 0 Å². The van der Waals surface area contributed by atoms with E-state index in [4.69, 9.17) is 13.3 Å². The highest BCUT2D eigenvalue weighted by Crippen LogP contribution is 2.19. The van der Waals surface area contributed by atoms with Crippen LogP contribution in [0.4, 0.5) is 0 Å². The van der Waals surface area contributed by atoms with E-state index in [0.29, 0.717) is 0 Å². The summed E-state index contributed by atoms with van der Waals surface area (Å²) in [5, 5.41) is 0. The van der Waals surface area contributed by atoms with E-state index in [1.807, 2.05) is 0 Å². The van der Waals surface area contributed by atoms with Gasteiger partial charge in [0.05, 0.1) is 20.1 Å². The van der Waals surface area contributed by atoms with Crippen LogP contribution in [0.1, 0.15) is 122 Å². The van der Waals surface area contributed by atoms with E-state index in [-0.39, 0.29) is 17.0 Å². The lowest BCUT2D eigenvalue weighted by Crippen LogP contribution is -3.10. The van der Waals surface area contributed by atoms with Crippen LogP contribution < -0.4 is 21.9 Å². The summed E-state index contributed by atoms with van der Waals surface area (Å²) >= 11 is 0. The molecule has 0 fully saturated rings. The van der Waals surface area contributed by atoms with Crippen molar-refractivity contribution in [2.45, 2.75) is 135 Å². The molecule has 0 aliphatic heterocycles. The number of quaternary nitrogens is 1. The van der Waals surface area contributed by atoms with Crippen molar-refractivity contribution in [1.82, 2.24) is 0 Å². The molecule has 1 unspecified atom stereocenters. The average Bonchev–Trinajstić information content (AvgIpc) is 2.78. The van der Waals surface area contributed by atoms with Crippen LogP contribution in [0.5, 0.6) is 0 Å². The van der Waals surface area contributed by atoms with Gasteiger partial charge in [-0.25, -0.2) is 0 Å². The number of nitrogens with one attached hydrogen (secondary N) is 1. The summed E-state index contributed by atoms with van der Waals surface area (Å²) in [7, 11) is 7.32. The van der Waals surface area contributed by atoms with Crippen molar-refractivity contribution in [3.8, 4) is 0 Å². The summed E-state index contributed by atoms with van der Waals surface area (Å²) < 4.78 is 16.7. The molecule has 0 amide bonds. The third-order valence-electron chi connectivity index (χ3n) is 6.94. The molecule has 0 saturated carbocycles. The predicted molar refractivity (Wildman–Crippen MR) is 137 cm³/mol. The Kier molecular flexibility index (Phi) is 26.7. The van der Waals surface area contributed by atoms with E-state index in [1.54, 1.807) is 26.2 Å². The van der Waals surface area contributed by atoms with Gasteiger partial charge in [0.1, 0.15) is 0 Å². The van der Waals surface area contributed by atoms with Crippen molar-refractivity contribution in [3.05, 3.63) is 0 Å². The Labute approximate surface area is 213 Å². The minimum absolute atomic E-state index is 0. The fourth-order valence-electron chi connectivity index (χ4n) is 4.60. The minimum Gasteiger partial charge on any atom is -1.00 e. The van der Waals surface area contributed by atoms with Gasteiger partial charge in [0.25, 0.3) is 0 Å². The first kappa shape index (κ1) is 34.7. The zero-order valence-electron chi connectivity index (χ0n) is 22.6. The first-order chi connectivity index (χ1) is 15.0. The summed E-state index contributed by atoms with van der Waals surface area (Å²) in [5.41, 5.74) is 0. The zero-order valence-corrected chi connectivity index (χ0v) is 25.2. The van der Waals surface area contributed by atoms with Crippen LogP contribution in [0.15, 0.2) is 0 Å². The molecule has 1 N–H and O–H groups in total. The van der Waals surface area contributed by atoms with Crippen molar-refractivity contribution in [2.75, 3.05) is 35.4 Å². The fourth-order valence-corrected chi connectivity index (χ4v) is 6.35. The molecule has 0 saturated heterocycles. The van der Waals surface area contributed by atoms with Crippen LogP contribution in [0.25, 0.3) is 0 Å². The highest BCUT2D eigenvalue weighted by molar-refractivity contribution is 6.60. The van der Waals surface area contributed by atoms with Crippen LogP contribution >= 0.6 is 0 Å². The Balaban J connectivity index is 0. The van der Waals surface area contributed by atoms with E-state index in [9.17, 15) is 0 Å². The standard InChI is InChI=1S/C26H57NO3Si.BrH/c1-7-8-9-10-11-12-13-14-15-16-17-18-19-20-21-23-26(27(2)3)24-22-25-31(28-4,29-5)30-6;/h26H,7-25H2,1-6H3;1H. The van der Waals surface area contributed by atoms with Crippen molar-refractivity contribution in [1.29, 1.82) is 0 Å². The molecule has 0 heterocycles. The number of hydrogen-bond donors (Lipinski definition) is 1. The van der Waals surface area contributed by atoms with E-state index < -0.39 is 8.80 Å². The summed E-state index contributed by atoms with van der Waals surface area (Å²) in [6.07, 6.45) is 25.2. The molecule has 0 aliphatic carbocycles. The van der Waals surface area contributed by atoms with Gasteiger partial charge in [0.15, 0.2) is 0 Å². The zero-order chi connectivity index (χ0) is 23.2. The van der Waals surface area contributed by atoms with Crippen molar-refractivity contribution >= 4 is 8.80 Å². The topological polar surface area (TPSA) is 32.1 Å². The summed E-state index contributed by atoms with van der Waals surface area (Å²) in [4.78, 5) is 1.57. The SMILES string of the molecule is CCCCCCCCCCCCCCCCCC(CCC[Si](OC)(OC)OC)[NH+](C)C.[Br-]. The van der Waals surface area contributed by atoms with Gasteiger partial charge >= 0.3 is 8.80 Å². The maximum absolute atomic E-state index is 5.56. The summed E-state index contributed by atoms with van der Waals surface area (Å²) in [6, 6.07) is 1.65. The molecule has 0 aromatic carbocycles. The number of unbranched alkanes of at least 4 members (excludes halogenated alkanes) is 14. The number of rotatable bonds is 24. The summed E-state index contributed by atoms with van der Waals surface area (Å²) in [6.45, 7) is 2.29. The maximum Gasteiger partial charge on any atom is 0.500 e. The molecule has 0 aliphatic rings. The molecule has 32 heavy (non-hydrogen) atoms. The Morgan fingerprint density at radius 1 is 0.562 bits per heavy atom. The molecule has 196 valence electrons. The average molecular weight is 541 g/mol. The smallest absolute Gasteiger partial charge is 0.500 e. The molecule has 0 aromatic rings. The molecule has 0 radical (unpaired) electrons. The molecule has 0 aromatic heterocycles. The van der Waals surface area contributed by atoms with Gasteiger partial charge in [-0.3, -0.25) is 0 Å². The largest absolute Gasteiger partial charge is 1.00 e. The van der Waals surface area contributed by atoms with E-state index in [1.165, 1.54) is 109 Å². The Hall–Kier alpha value is 0.537. The molecular weight excluding hydrogens is 482 g/mol. The Morgan fingerprint density at radius 3 is 1.25 bits per heavy atom. The van der Waals surface area contributed by atoms with Crippen LogP contribution in [-0.4, -0.2) is 50.3 Å². The van der Waals surface area contributed by atoms with Gasteiger partial charge in [0, 0.05) is 27.4 Å². The molecule has 0 spiro atoms. The number of halogens is 1. The van der Waals surface area contributed by atoms with Gasteiger partial charge in [-0.2, -0.15) is 0 Å². The van der Waals surface area contributed by atoms with Crippen LogP contribution in [-0.2, 0) is 13.3 Å².